The molecular weight excluding hydrogens is 184 g/mol. The van der Waals surface area contributed by atoms with Gasteiger partial charge in [-0.1, -0.05) is 11.8 Å². The molecule has 0 unspecified atom stereocenters. The molecule has 0 saturated carbocycles. The third-order valence-corrected chi connectivity index (χ3v) is 2.45. The highest BCUT2D eigenvalue weighted by Crippen LogP contribution is 2.01. The summed E-state index contributed by atoms with van der Waals surface area (Å²) in [5.74, 6) is 0. The van der Waals surface area contributed by atoms with Crippen molar-refractivity contribution in [1.29, 1.82) is 0 Å². The Morgan fingerprint density at radius 1 is 1.77 bits per heavy atom. The topological polar surface area (TPSA) is 53.1 Å². The SMILES string of the molecule is CN=C(NCc1nc[nH]c1C)SC. The van der Waals surface area contributed by atoms with Crippen LogP contribution in [0.2, 0.25) is 0 Å². The Hall–Kier alpha value is -0.970. The molecule has 0 aliphatic rings. The number of nitrogens with one attached hydrogen (secondary N) is 2. The summed E-state index contributed by atoms with van der Waals surface area (Å²) in [7, 11) is 1.77. The molecule has 2 N–H and O–H groups in total. The van der Waals surface area contributed by atoms with Crippen molar-refractivity contribution < 1.29 is 0 Å². The Bertz CT molecular complexity index is 292. The first kappa shape index (κ1) is 10.1. The van der Waals surface area contributed by atoms with Crippen molar-refractivity contribution >= 4 is 16.9 Å². The Morgan fingerprint density at radius 3 is 3.00 bits per heavy atom. The third-order valence-electron chi connectivity index (χ3n) is 1.74. The number of hydrogen-bond donors (Lipinski definition) is 2. The number of H-pyrrole nitrogens is 1. The van der Waals surface area contributed by atoms with Gasteiger partial charge in [-0.15, -0.1) is 0 Å². The van der Waals surface area contributed by atoms with E-state index in [1.807, 2.05) is 13.2 Å². The van der Waals surface area contributed by atoms with Crippen LogP contribution in [-0.2, 0) is 6.54 Å². The van der Waals surface area contributed by atoms with Gasteiger partial charge in [0.1, 0.15) is 0 Å². The lowest BCUT2D eigenvalue weighted by Crippen LogP contribution is -2.20. The van der Waals surface area contributed by atoms with Crippen LogP contribution in [0.25, 0.3) is 0 Å². The smallest absolute Gasteiger partial charge is 0.156 e. The number of aromatic amines is 1. The first-order chi connectivity index (χ1) is 6.27. The number of amidine groups is 1. The molecule has 4 nitrogen and oxygen atoms in total. The summed E-state index contributed by atoms with van der Waals surface area (Å²) in [6.45, 7) is 2.73. The first-order valence-electron chi connectivity index (χ1n) is 4.01. The minimum Gasteiger partial charge on any atom is -0.359 e. The number of aromatic nitrogens is 2. The second-order valence-corrected chi connectivity index (χ2v) is 3.36. The van der Waals surface area contributed by atoms with Crippen molar-refractivity contribution in [3.8, 4) is 0 Å². The second-order valence-electron chi connectivity index (χ2n) is 2.56. The van der Waals surface area contributed by atoms with E-state index in [0.29, 0.717) is 0 Å². The van der Waals surface area contributed by atoms with Gasteiger partial charge in [0.15, 0.2) is 5.17 Å². The van der Waals surface area contributed by atoms with E-state index in [2.05, 4.69) is 20.3 Å². The van der Waals surface area contributed by atoms with Crippen molar-refractivity contribution in [2.24, 2.45) is 4.99 Å². The largest absolute Gasteiger partial charge is 0.359 e. The molecule has 1 rings (SSSR count). The lowest BCUT2D eigenvalue weighted by atomic mass is 10.3. The summed E-state index contributed by atoms with van der Waals surface area (Å²) in [5.41, 5.74) is 2.14. The Balaban J connectivity index is 2.48. The quantitative estimate of drug-likeness (QED) is 0.554. The molecular formula is C8H14N4S. The molecule has 72 valence electrons. The lowest BCUT2D eigenvalue weighted by Gasteiger charge is -2.04. The zero-order valence-electron chi connectivity index (χ0n) is 8.09. The van der Waals surface area contributed by atoms with Crippen LogP contribution >= 0.6 is 11.8 Å². The number of hydrogen-bond acceptors (Lipinski definition) is 3. The molecule has 0 atom stereocenters. The maximum atomic E-state index is 4.17. The van der Waals surface area contributed by atoms with Crippen LogP contribution in [0, 0.1) is 6.92 Å². The zero-order chi connectivity index (χ0) is 9.68. The fourth-order valence-electron chi connectivity index (χ4n) is 0.967. The van der Waals surface area contributed by atoms with Crippen LogP contribution in [-0.4, -0.2) is 28.4 Å². The molecule has 13 heavy (non-hydrogen) atoms. The van der Waals surface area contributed by atoms with E-state index in [0.717, 1.165) is 23.1 Å². The summed E-state index contributed by atoms with van der Waals surface area (Å²) in [4.78, 5) is 11.3. The van der Waals surface area contributed by atoms with Gasteiger partial charge in [0.05, 0.1) is 18.6 Å². The van der Waals surface area contributed by atoms with Gasteiger partial charge >= 0.3 is 0 Å². The van der Waals surface area contributed by atoms with E-state index in [-0.39, 0.29) is 0 Å². The summed E-state index contributed by atoms with van der Waals surface area (Å²) < 4.78 is 0. The van der Waals surface area contributed by atoms with Gasteiger partial charge in [-0.2, -0.15) is 0 Å². The Kier molecular flexibility index (Phi) is 3.82. The molecule has 0 amide bonds. The van der Waals surface area contributed by atoms with Gasteiger partial charge in [-0.05, 0) is 13.2 Å². The van der Waals surface area contributed by atoms with Crippen molar-refractivity contribution in [1.82, 2.24) is 15.3 Å². The van der Waals surface area contributed by atoms with E-state index in [1.165, 1.54) is 0 Å². The highest BCUT2D eigenvalue weighted by molar-refractivity contribution is 8.13. The predicted molar refractivity (Wildman–Crippen MR) is 57.0 cm³/mol. The van der Waals surface area contributed by atoms with Crippen molar-refractivity contribution in [3.63, 3.8) is 0 Å². The van der Waals surface area contributed by atoms with Crippen LogP contribution in [0.1, 0.15) is 11.4 Å². The summed E-state index contributed by atoms with van der Waals surface area (Å²) in [5, 5.41) is 4.13. The molecule has 0 fully saturated rings. The van der Waals surface area contributed by atoms with Gasteiger partial charge in [0.25, 0.3) is 0 Å². The minimum absolute atomic E-state index is 0.725. The monoisotopic (exact) mass is 198 g/mol. The number of rotatable bonds is 2. The van der Waals surface area contributed by atoms with Gasteiger partial charge in [-0.25, -0.2) is 4.98 Å². The van der Waals surface area contributed by atoms with E-state index in [4.69, 9.17) is 0 Å². The molecule has 0 spiro atoms. The van der Waals surface area contributed by atoms with Gasteiger partial charge < -0.3 is 10.3 Å². The molecule has 0 radical (unpaired) electrons. The number of aryl methyl sites for hydroxylation is 1. The fraction of sp³-hybridized carbons (Fsp3) is 0.500. The third kappa shape index (κ3) is 2.77. The first-order valence-corrected chi connectivity index (χ1v) is 5.24. The van der Waals surface area contributed by atoms with E-state index >= 15 is 0 Å². The summed E-state index contributed by atoms with van der Waals surface area (Å²) >= 11 is 1.60. The molecule has 5 heteroatoms. The average Bonchev–Trinajstić information content (AvgIpc) is 2.54. The Labute approximate surface area is 82.3 Å². The number of imidazole rings is 1. The van der Waals surface area contributed by atoms with Crippen LogP contribution in [0.5, 0.6) is 0 Å². The van der Waals surface area contributed by atoms with Gasteiger partial charge in [0, 0.05) is 12.7 Å². The van der Waals surface area contributed by atoms with Crippen LogP contribution in [0.3, 0.4) is 0 Å². The van der Waals surface area contributed by atoms with Gasteiger partial charge in [0.2, 0.25) is 0 Å². The fourth-order valence-corrected chi connectivity index (χ4v) is 1.37. The molecule has 1 heterocycles. The zero-order valence-corrected chi connectivity index (χ0v) is 8.90. The van der Waals surface area contributed by atoms with Crippen LogP contribution < -0.4 is 5.32 Å². The highest BCUT2D eigenvalue weighted by Gasteiger charge is 2.01. The van der Waals surface area contributed by atoms with Crippen LogP contribution in [0.4, 0.5) is 0 Å². The van der Waals surface area contributed by atoms with Crippen LogP contribution in [0.15, 0.2) is 11.3 Å². The molecule has 0 aliphatic carbocycles. The summed E-state index contributed by atoms with van der Waals surface area (Å²) in [6, 6.07) is 0. The van der Waals surface area contributed by atoms with Crippen molar-refractivity contribution in [2.45, 2.75) is 13.5 Å². The Morgan fingerprint density at radius 2 is 2.54 bits per heavy atom. The normalized spacial score (nSPS) is 11.8. The van der Waals surface area contributed by atoms with Crippen molar-refractivity contribution in [2.75, 3.05) is 13.3 Å². The molecule has 1 aromatic rings. The standard InChI is InChI=1S/C8H14N4S/c1-6-7(12-5-11-6)4-10-8(9-2)13-3/h5H,4H2,1-3H3,(H,9,10)(H,11,12). The molecule has 0 aliphatic heterocycles. The average molecular weight is 198 g/mol. The lowest BCUT2D eigenvalue weighted by molar-refractivity contribution is 0.882. The second kappa shape index (κ2) is 4.91. The maximum absolute atomic E-state index is 4.17. The minimum atomic E-state index is 0.725. The number of nitrogens with zero attached hydrogens (tertiary/aromatic N) is 2. The number of aliphatic imine (C=N–C) groups is 1. The molecule has 0 aromatic carbocycles. The number of thioether (sulfide) groups is 1. The van der Waals surface area contributed by atoms with Crippen molar-refractivity contribution in [3.05, 3.63) is 17.7 Å². The molecule has 1 aromatic heterocycles. The predicted octanol–water partition coefficient (Wildman–Crippen LogP) is 1.16. The molecule has 0 saturated heterocycles. The van der Waals surface area contributed by atoms with E-state index < -0.39 is 0 Å². The van der Waals surface area contributed by atoms with Gasteiger partial charge in [-0.3, -0.25) is 4.99 Å². The van der Waals surface area contributed by atoms with E-state index in [1.54, 1.807) is 25.1 Å². The maximum Gasteiger partial charge on any atom is 0.156 e. The highest BCUT2D eigenvalue weighted by atomic mass is 32.2. The summed E-state index contributed by atoms with van der Waals surface area (Å²) in [6.07, 6.45) is 3.70. The molecule has 0 bridgehead atoms. The van der Waals surface area contributed by atoms with E-state index in [9.17, 15) is 0 Å².